The second kappa shape index (κ2) is 10.7. The zero-order valence-electron chi connectivity index (χ0n) is 17.2. The Bertz CT molecular complexity index is 814. The molecule has 3 amide bonds. The fraction of sp³-hybridized carbons (Fsp3) is 0.500. The van der Waals surface area contributed by atoms with Crippen LogP contribution in [-0.4, -0.2) is 81.2 Å². The Kier molecular flexibility index (Phi) is 8.34. The predicted molar refractivity (Wildman–Crippen MR) is 109 cm³/mol. The van der Waals surface area contributed by atoms with Crippen LogP contribution in [0.2, 0.25) is 0 Å². The van der Waals surface area contributed by atoms with Crippen molar-refractivity contribution in [3.8, 4) is 5.75 Å². The zero-order valence-corrected chi connectivity index (χ0v) is 17.2. The maximum Gasteiger partial charge on any atom is 0.325 e. The molecule has 1 fully saturated rings. The lowest BCUT2D eigenvalue weighted by Gasteiger charge is -2.28. The molecule has 1 heterocycles. The topological polar surface area (TPSA) is 182 Å². The molecule has 0 radical (unpaired) electrons. The number of carboxylic acid groups (broad SMARTS) is 1. The molecular weight excluding hydrogens is 408 g/mol. The van der Waals surface area contributed by atoms with Gasteiger partial charge >= 0.3 is 5.97 Å². The lowest BCUT2D eigenvalue weighted by Crippen LogP contribution is -2.57. The van der Waals surface area contributed by atoms with Gasteiger partial charge in [0.1, 0.15) is 29.9 Å². The number of carbonyl (C=O) groups excluding carboxylic acids is 3. The number of rotatable bonds is 9. The number of aliphatic hydroxyl groups is 1. The van der Waals surface area contributed by atoms with Crippen LogP contribution in [0.25, 0.3) is 0 Å². The SMILES string of the molecule is CC(NC(=O)C(Cc1ccc(O)cc1)NC(=O)C1CCCN1C(=O)C(N)CO)C(=O)O. The molecule has 1 saturated heterocycles. The largest absolute Gasteiger partial charge is 0.508 e. The van der Waals surface area contributed by atoms with Gasteiger partial charge in [-0.3, -0.25) is 19.2 Å². The summed E-state index contributed by atoms with van der Waals surface area (Å²) in [5.41, 5.74) is 6.22. The van der Waals surface area contributed by atoms with Gasteiger partial charge in [0.15, 0.2) is 0 Å². The summed E-state index contributed by atoms with van der Waals surface area (Å²) >= 11 is 0. The number of nitrogens with one attached hydrogen (secondary N) is 2. The molecule has 0 bridgehead atoms. The number of nitrogens with zero attached hydrogens (tertiary/aromatic N) is 1. The van der Waals surface area contributed by atoms with Crippen molar-refractivity contribution in [3.63, 3.8) is 0 Å². The van der Waals surface area contributed by atoms with Crippen molar-refractivity contribution in [2.45, 2.75) is 50.4 Å². The maximum absolute atomic E-state index is 12.9. The summed E-state index contributed by atoms with van der Waals surface area (Å²) in [5, 5.41) is 32.6. The number of nitrogens with two attached hydrogens (primary N) is 1. The normalized spacial score (nSPS) is 18.7. The number of benzene rings is 1. The molecule has 1 aromatic carbocycles. The van der Waals surface area contributed by atoms with Gasteiger partial charge in [0.25, 0.3) is 0 Å². The Hall–Kier alpha value is -3.18. The van der Waals surface area contributed by atoms with Crippen molar-refractivity contribution in [2.75, 3.05) is 13.2 Å². The molecule has 4 unspecified atom stereocenters. The van der Waals surface area contributed by atoms with Crippen LogP contribution in [0.3, 0.4) is 0 Å². The van der Waals surface area contributed by atoms with Crippen LogP contribution < -0.4 is 16.4 Å². The summed E-state index contributed by atoms with van der Waals surface area (Å²) in [6.07, 6.45) is 0.975. The number of carboxylic acids is 1. The van der Waals surface area contributed by atoms with E-state index in [1.165, 1.54) is 24.0 Å². The first kappa shape index (κ1) is 24.1. The van der Waals surface area contributed by atoms with E-state index < -0.39 is 54.5 Å². The number of aliphatic carboxylic acids is 1. The zero-order chi connectivity index (χ0) is 23.1. The van der Waals surface area contributed by atoms with Gasteiger partial charge in [-0.2, -0.15) is 0 Å². The van der Waals surface area contributed by atoms with E-state index in [1.54, 1.807) is 12.1 Å². The van der Waals surface area contributed by atoms with E-state index in [1.807, 2.05) is 0 Å². The van der Waals surface area contributed by atoms with Crippen LogP contribution in [0, 0.1) is 0 Å². The third kappa shape index (κ3) is 6.40. The third-order valence-corrected chi connectivity index (χ3v) is 5.09. The Labute approximate surface area is 179 Å². The van der Waals surface area contributed by atoms with Crippen LogP contribution in [0.1, 0.15) is 25.3 Å². The number of hydrogen-bond donors (Lipinski definition) is 6. The maximum atomic E-state index is 12.9. The number of carbonyl (C=O) groups is 4. The molecule has 11 nitrogen and oxygen atoms in total. The Morgan fingerprint density at radius 3 is 2.42 bits per heavy atom. The number of aliphatic hydroxyl groups excluding tert-OH is 1. The number of phenols is 1. The summed E-state index contributed by atoms with van der Waals surface area (Å²) in [4.78, 5) is 50.3. The number of phenolic OH excluding ortho intramolecular Hbond substituents is 1. The highest BCUT2D eigenvalue weighted by molar-refractivity contribution is 5.94. The monoisotopic (exact) mass is 436 g/mol. The van der Waals surface area contributed by atoms with E-state index in [-0.39, 0.29) is 12.2 Å². The molecule has 0 spiro atoms. The first-order chi connectivity index (χ1) is 14.6. The third-order valence-electron chi connectivity index (χ3n) is 5.09. The van der Waals surface area contributed by atoms with E-state index in [2.05, 4.69) is 10.6 Å². The van der Waals surface area contributed by atoms with Gasteiger partial charge in [-0.25, -0.2) is 0 Å². The molecule has 4 atom stereocenters. The molecule has 11 heteroatoms. The van der Waals surface area contributed by atoms with Crippen molar-refractivity contribution < 1.29 is 34.5 Å². The van der Waals surface area contributed by atoms with Gasteiger partial charge < -0.3 is 36.6 Å². The van der Waals surface area contributed by atoms with Gasteiger partial charge in [-0.05, 0) is 37.5 Å². The van der Waals surface area contributed by atoms with Gasteiger partial charge in [0.2, 0.25) is 17.7 Å². The summed E-state index contributed by atoms with van der Waals surface area (Å²) in [7, 11) is 0. The number of hydrogen-bond acceptors (Lipinski definition) is 7. The van der Waals surface area contributed by atoms with Crippen molar-refractivity contribution in [2.24, 2.45) is 5.73 Å². The summed E-state index contributed by atoms with van der Waals surface area (Å²) in [6, 6.07) is 1.75. The molecule has 0 aromatic heterocycles. The molecule has 1 aromatic rings. The van der Waals surface area contributed by atoms with Crippen molar-refractivity contribution >= 4 is 23.7 Å². The quantitative estimate of drug-likeness (QED) is 0.265. The van der Waals surface area contributed by atoms with Crippen LogP contribution >= 0.6 is 0 Å². The van der Waals surface area contributed by atoms with Crippen LogP contribution in [0.4, 0.5) is 0 Å². The number of aromatic hydroxyl groups is 1. The highest BCUT2D eigenvalue weighted by Gasteiger charge is 2.37. The minimum absolute atomic E-state index is 0.0358. The Morgan fingerprint density at radius 2 is 1.84 bits per heavy atom. The highest BCUT2D eigenvalue weighted by Crippen LogP contribution is 2.19. The molecule has 0 aliphatic carbocycles. The summed E-state index contributed by atoms with van der Waals surface area (Å²) < 4.78 is 0. The smallest absolute Gasteiger partial charge is 0.325 e. The van der Waals surface area contributed by atoms with E-state index >= 15 is 0 Å². The lowest BCUT2D eigenvalue weighted by molar-refractivity contribution is -0.142. The van der Waals surface area contributed by atoms with E-state index in [4.69, 9.17) is 15.9 Å². The second-order valence-electron chi connectivity index (χ2n) is 7.48. The van der Waals surface area contributed by atoms with Crippen molar-refractivity contribution in [1.29, 1.82) is 0 Å². The second-order valence-corrected chi connectivity index (χ2v) is 7.48. The minimum Gasteiger partial charge on any atom is -0.508 e. The predicted octanol–water partition coefficient (Wildman–Crippen LogP) is -1.68. The molecule has 2 rings (SSSR count). The van der Waals surface area contributed by atoms with Gasteiger partial charge in [0.05, 0.1) is 6.61 Å². The van der Waals surface area contributed by atoms with Gasteiger partial charge in [0, 0.05) is 13.0 Å². The van der Waals surface area contributed by atoms with E-state index in [9.17, 15) is 24.3 Å². The van der Waals surface area contributed by atoms with Crippen molar-refractivity contribution in [3.05, 3.63) is 29.8 Å². The fourth-order valence-corrected chi connectivity index (χ4v) is 3.31. The van der Waals surface area contributed by atoms with Gasteiger partial charge in [-0.1, -0.05) is 12.1 Å². The summed E-state index contributed by atoms with van der Waals surface area (Å²) in [6.45, 7) is 1.05. The Balaban J connectivity index is 2.17. The molecule has 170 valence electrons. The molecule has 1 aliphatic rings. The van der Waals surface area contributed by atoms with Gasteiger partial charge in [-0.15, -0.1) is 0 Å². The fourth-order valence-electron chi connectivity index (χ4n) is 3.31. The average Bonchev–Trinajstić information content (AvgIpc) is 3.23. The van der Waals surface area contributed by atoms with Crippen LogP contribution in [-0.2, 0) is 25.6 Å². The standard InChI is InChI=1S/C20H28N4O7/c1-11(20(30)31)22-17(27)15(9-12-4-6-13(26)7-5-12)23-18(28)16-3-2-8-24(16)19(29)14(21)10-25/h4-7,11,14-16,25-26H,2-3,8-10,21H2,1H3,(H,22,27)(H,23,28)(H,30,31). The highest BCUT2D eigenvalue weighted by atomic mass is 16.4. The van der Waals surface area contributed by atoms with E-state index in [0.29, 0.717) is 24.9 Å². The molecule has 0 saturated carbocycles. The first-order valence-corrected chi connectivity index (χ1v) is 9.92. The molecule has 1 aliphatic heterocycles. The van der Waals surface area contributed by atoms with Crippen LogP contribution in [0.15, 0.2) is 24.3 Å². The molecular formula is C20H28N4O7. The minimum atomic E-state index is -1.23. The first-order valence-electron chi connectivity index (χ1n) is 9.92. The number of likely N-dealkylation sites (tertiary alicyclic amines) is 1. The Morgan fingerprint density at radius 1 is 1.19 bits per heavy atom. The van der Waals surface area contributed by atoms with Crippen molar-refractivity contribution in [1.82, 2.24) is 15.5 Å². The summed E-state index contributed by atoms with van der Waals surface area (Å²) in [5.74, 6) is -3.02. The molecule has 31 heavy (non-hydrogen) atoms. The van der Waals surface area contributed by atoms with E-state index in [0.717, 1.165) is 0 Å². The average molecular weight is 436 g/mol. The molecule has 7 N–H and O–H groups in total. The van der Waals surface area contributed by atoms with Crippen LogP contribution in [0.5, 0.6) is 5.75 Å². The number of amides is 3. The lowest BCUT2D eigenvalue weighted by atomic mass is 10.0.